The van der Waals surface area contributed by atoms with Crippen molar-refractivity contribution >= 4 is 76.7 Å². The van der Waals surface area contributed by atoms with Crippen molar-refractivity contribution in [1.82, 2.24) is 18.8 Å². The van der Waals surface area contributed by atoms with Crippen molar-refractivity contribution in [3.8, 4) is 11.1 Å². The van der Waals surface area contributed by atoms with Crippen LogP contribution < -0.4 is 0 Å². The van der Waals surface area contributed by atoms with E-state index >= 15 is 0 Å². The molecule has 10 rings (SSSR count). The zero-order chi connectivity index (χ0) is 29.1. The van der Waals surface area contributed by atoms with E-state index in [0.717, 1.165) is 38.7 Å². The second-order valence-electron chi connectivity index (χ2n) is 12.0. The first-order valence-corrected chi connectivity index (χ1v) is 15.1. The molecule has 206 valence electrons. The average molecular weight is 563 g/mol. The van der Waals surface area contributed by atoms with Crippen molar-refractivity contribution in [1.29, 1.82) is 0 Å². The van der Waals surface area contributed by atoms with Gasteiger partial charge in [-0.15, -0.1) is 0 Å². The number of pyridine rings is 2. The van der Waals surface area contributed by atoms with Crippen molar-refractivity contribution in [3.05, 3.63) is 132 Å². The van der Waals surface area contributed by atoms with Crippen LogP contribution in [0.3, 0.4) is 0 Å². The normalized spacial score (nSPS) is 12.3. The number of benzene rings is 6. The minimum atomic E-state index is 0.992. The van der Waals surface area contributed by atoms with E-state index < -0.39 is 0 Å². The number of hydrogen-bond acceptors (Lipinski definition) is 2. The van der Waals surface area contributed by atoms with E-state index in [1.807, 2.05) is 0 Å². The van der Waals surface area contributed by atoms with Gasteiger partial charge in [0.25, 0.3) is 0 Å². The Morgan fingerprint density at radius 3 is 1.95 bits per heavy atom. The van der Waals surface area contributed by atoms with Gasteiger partial charge < -0.3 is 0 Å². The molecule has 0 saturated heterocycles. The van der Waals surface area contributed by atoms with Crippen LogP contribution in [0.2, 0.25) is 0 Å². The number of hydrogen-bond donors (Lipinski definition) is 0. The highest BCUT2D eigenvalue weighted by molar-refractivity contribution is 6.16. The molecule has 0 radical (unpaired) electrons. The molecule has 0 aliphatic rings. The van der Waals surface area contributed by atoms with Crippen molar-refractivity contribution in [2.45, 2.75) is 13.8 Å². The summed E-state index contributed by atoms with van der Waals surface area (Å²) in [6, 6.07) is 43.9. The number of rotatable bonds is 1. The molecule has 0 aliphatic carbocycles. The Bertz CT molecular complexity index is 2850. The number of aryl methyl sites for hydroxylation is 2. The number of aromatic nitrogens is 4. The fraction of sp³-hybridized carbons (Fsp3) is 0.0500. The summed E-state index contributed by atoms with van der Waals surface area (Å²) < 4.78 is 4.68. The first-order chi connectivity index (χ1) is 21.6. The van der Waals surface area contributed by atoms with Gasteiger partial charge in [0.1, 0.15) is 11.3 Å². The fourth-order valence-electron chi connectivity index (χ4n) is 7.41. The molecule has 0 atom stereocenters. The third kappa shape index (κ3) is 3.07. The lowest BCUT2D eigenvalue weighted by Gasteiger charge is -2.15. The van der Waals surface area contributed by atoms with Gasteiger partial charge >= 0.3 is 0 Å². The number of fused-ring (bicyclic) bond motifs is 16. The lowest BCUT2D eigenvalue weighted by molar-refractivity contribution is 1.31. The molecule has 44 heavy (non-hydrogen) atoms. The van der Waals surface area contributed by atoms with Gasteiger partial charge in [-0.2, -0.15) is 0 Å². The Morgan fingerprint density at radius 1 is 0.432 bits per heavy atom. The van der Waals surface area contributed by atoms with Crippen LogP contribution in [-0.4, -0.2) is 18.8 Å². The van der Waals surface area contributed by atoms with Crippen molar-refractivity contribution < 1.29 is 0 Å². The fourth-order valence-corrected chi connectivity index (χ4v) is 7.41. The molecule has 4 heterocycles. The summed E-state index contributed by atoms with van der Waals surface area (Å²) >= 11 is 0. The standard InChI is InChI=1S/C40H26N4/c1-23-15-18-34-38(19-23)44-37-21-25(16-17-28(37)26-9-3-4-11-29(26)39(44)42-34)30-22-32-31(20-24(30)2)27-10-5-7-13-35(27)43-36-14-8-6-12-33(36)41-40(32)43/h3-22H,1-2H3. The SMILES string of the molecule is Cc1ccc2nc3c4ccccc4c4ccc(-c5cc6c(cc5C)c5ccccc5n5c7ccccc7nc65)cc4n3c2c1. The maximum Gasteiger partial charge on any atom is 0.146 e. The van der Waals surface area contributed by atoms with Gasteiger partial charge in [-0.3, -0.25) is 8.80 Å². The first-order valence-electron chi connectivity index (χ1n) is 15.1. The van der Waals surface area contributed by atoms with Gasteiger partial charge in [0.2, 0.25) is 0 Å². The summed E-state index contributed by atoms with van der Waals surface area (Å²) in [5, 5.41) is 7.25. The minimum absolute atomic E-state index is 0.992. The Morgan fingerprint density at radius 2 is 1.09 bits per heavy atom. The summed E-state index contributed by atoms with van der Waals surface area (Å²) in [7, 11) is 0. The summed E-state index contributed by atoms with van der Waals surface area (Å²) in [5.41, 5.74) is 13.5. The van der Waals surface area contributed by atoms with Gasteiger partial charge in [-0.05, 0) is 89.3 Å². The van der Waals surface area contributed by atoms with Gasteiger partial charge in [-0.25, -0.2) is 9.97 Å². The maximum atomic E-state index is 5.17. The van der Waals surface area contributed by atoms with Crippen LogP contribution in [0, 0.1) is 13.8 Å². The van der Waals surface area contributed by atoms with E-state index in [1.165, 1.54) is 60.2 Å². The molecule has 0 amide bonds. The molecular formula is C40H26N4. The molecule has 4 aromatic heterocycles. The molecule has 0 saturated carbocycles. The van der Waals surface area contributed by atoms with E-state index in [-0.39, 0.29) is 0 Å². The van der Waals surface area contributed by atoms with Crippen molar-refractivity contribution in [2.24, 2.45) is 0 Å². The molecule has 0 bridgehead atoms. The lowest BCUT2D eigenvalue weighted by atomic mass is 9.94. The molecule has 4 heteroatoms. The largest absolute Gasteiger partial charge is 0.292 e. The molecule has 0 aliphatic heterocycles. The molecule has 0 spiro atoms. The zero-order valence-corrected chi connectivity index (χ0v) is 24.3. The lowest BCUT2D eigenvalue weighted by Crippen LogP contribution is -1.95. The highest BCUT2D eigenvalue weighted by Crippen LogP contribution is 2.39. The van der Waals surface area contributed by atoms with Crippen LogP contribution in [0.15, 0.2) is 121 Å². The van der Waals surface area contributed by atoms with Crippen molar-refractivity contribution in [2.75, 3.05) is 0 Å². The Hall–Kier alpha value is -5.74. The van der Waals surface area contributed by atoms with Crippen molar-refractivity contribution in [3.63, 3.8) is 0 Å². The van der Waals surface area contributed by atoms with E-state index in [1.54, 1.807) is 0 Å². The van der Waals surface area contributed by atoms with Gasteiger partial charge in [0.15, 0.2) is 0 Å². The third-order valence-corrected chi connectivity index (χ3v) is 9.42. The zero-order valence-electron chi connectivity index (χ0n) is 24.3. The van der Waals surface area contributed by atoms with Crippen LogP contribution in [0.5, 0.6) is 0 Å². The van der Waals surface area contributed by atoms with Gasteiger partial charge in [0, 0.05) is 21.5 Å². The summed E-state index contributed by atoms with van der Waals surface area (Å²) in [6.07, 6.45) is 0. The number of nitrogens with zero attached hydrogens (tertiary/aromatic N) is 4. The monoisotopic (exact) mass is 562 g/mol. The molecule has 0 unspecified atom stereocenters. The Kier molecular flexibility index (Phi) is 4.55. The van der Waals surface area contributed by atoms with Gasteiger partial charge in [-0.1, -0.05) is 78.9 Å². The molecular weight excluding hydrogens is 536 g/mol. The highest BCUT2D eigenvalue weighted by Gasteiger charge is 2.18. The quantitative estimate of drug-likeness (QED) is 0.187. The van der Waals surface area contributed by atoms with Crippen LogP contribution in [-0.2, 0) is 0 Å². The summed E-state index contributed by atoms with van der Waals surface area (Å²) in [5.74, 6) is 0. The first kappa shape index (κ1) is 23.8. The maximum absolute atomic E-state index is 5.17. The second kappa shape index (κ2) is 8.42. The van der Waals surface area contributed by atoms with Crippen LogP contribution in [0.4, 0.5) is 0 Å². The van der Waals surface area contributed by atoms with E-state index in [4.69, 9.17) is 9.97 Å². The molecule has 4 nitrogen and oxygen atoms in total. The van der Waals surface area contributed by atoms with Crippen LogP contribution >= 0.6 is 0 Å². The summed E-state index contributed by atoms with van der Waals surface area (Å²) in [6.45, 7) is 4.38. The van der Waals surface area contributed by atoms with E-state index in [2.05, 4.69) is 144 Å². The molecule has 0 fully saturated rings. The third-order valence-electron chi connectivity index (χ3n) is 9.42. The molecule has 0 N–H and O–H groups in total. The van der Waals surface area contributed by atoms with E-state index in [9.17, 15) is 0 Å². The molecule has 6 aromatic carbocycles. The predicted octanol–water partition coefficient (Wildman–Crippen LogP) is 10.2. The van der Waals surface area contributed by atoms with Crippen LogP contribution in [0.25, 0.3) is 87.8 Å². The van der Waals surface area contributed by atoms with Gasteiger partial charge in [0.05, 0.1) is 33.1 Å². The Labute approximate surface area is 252 Å². The summed E-state index contributed by atoms with van der Waals surface area (Å²) in [4.78, 5) is 10.3. The smallest absolute Gasteiger partial charge is 0.146 e. The predicted molar refractivity (Wildman–Crippen MR) is 184 cm³/mol. The number of para-hydroxylation sites is 3. The molecule has 10 aromatic rings. The Balaban J connectivity index is 1.34. The average Bonchev–Trinajstić information content (AvgIpc) is 3.64. The van der Waals surface area contributed by atoms with E-state index in [0.29, 0.717) is 0 Å². The van der Waals surface area contributed by atoms with Crippen LogP contribution in [0.1, 0.15) is 11.1 Å². The topological polar surface area (TPSA) is 34.6 Å². The highest BCUT2D eigenvalue weighted by atomic mass is 15.0. The minimum Gasteiger partial charge on any atom is -0.292 e. The second-order valence-corrected chi connectivity index (χ2v) is 12.0. The number of imidazole rings is 2.